The molecule has 14 heteroatoms. The summed E-state index contributed by atoms with van der Waals surface area (Å²) in [5, 5.41) is 90.9. The largest absolute Gasteiger partial charge is 0.493 e. The van der Waals surface area contributed by atoms with Gasteiger partial charge >= 0.3 is 23.6 Å². The molecule has 1 unspecified atom stereocenters. The summed E-state index contributed by atoms with van der Waals surface area (Å²) in [4.78, 5) is 9.82. The first-order valence-corrected chi connectivity index (χ1v) is 8.47. The van der Waals surface area contributed by atoms with E-state index in [4.69, 9.17) is 9.47 Å². The third-order valence-corrected chi connectivity index (χ3v) is 4.56. The van der Waals surface area contributed by atoms with Crippen LogP contribution >= 0.6 is 0 Å². The van der Waals surface area contributed by atoms with E-state index >= 15 is 0 Å². The van der Waals surface area contributed by atoms with E-state index in [-0.39, 0.29) is 12.0 Å². The molecule has 9 N–H and O–H groups in total. The van der Waals surface area contributed by atoms with Gasteiger partial charge in [0, 0.05) is 6.54 Å². The van der Waals surface area contributed by atoms with Gasteiger partial charge in [-0.25, -0.2) is 0 Å². The maximum atomic E-state index is 10.7. The van der Waals surface area contributed by atoms with Gasteiger partial charge in [0.2, 0.25) is 0 Å². The Balaban J connectivity index is 2.27. The predicted octanol–water partition coefficient (Wildman–Crippen LogP) is -5.19. The van der Waals surface area contributed by atoms with Gasteiger partial charge in [-0.1, -0.05) is 12.1 Å². The fraction of sp³-hybridized carbons (Fsp3) is 0.562. The van der Waals surface area contributed by atoms with Gasteiger partial charge in [0.1, 0.15) is 19.0 Å². The van der Waals surface area contributed by atoms with Gasteiger partial charge in [-0.2, -0.15) is 9.80 Å². The number of methoxy groups -OCH3 is 1. The maximum Gasteiger partial charge on any atom is 0.303 e. The van der Waals surface area contributed by atoms with E-state index in [0.29, 0.717) is 5.75 Å². The molecule has 0 amide bonds. The van der Waals surface area contributed by atoms with Crippen LogP contribution in [-0.2, 0) is 4.79 Å². The van der Waals surface area contributed by atoms with Crippen LogP contribution in [0.1, 0.15) is 0 Å². The van der Waals surface area contributed by atoms with Gasteiger partial charge in [0.25, 0.3) is 0 Å². The van der Waals surface area contributed by atoms with Gasteiger partial charge in [0.05, 0.1) is 13.7 Å². The minimum Gasteiger partial charge on any atom is -0.493 e. The van der Waals surface area contributed by atoms with Crippen LogP contribution in [0.3, 0.4) is 0 Å². The zero-order valence-electron chi connectivity index (χ0n) is 15.7. The summed E-state index contributed by atoms with van der Waals surface area (Å²) in [7, 11) is 1.36. The van der Waals surface area contributed by atoms with Crippen molar-refractivity contribution in [2.75, 3.05) is 26.8 Å². The molecule has 1 fully saturated rings. The quantitative estimate of drug-likeness (QED) is 0.137. The maximum absolute atomic E-state index is 10.7. The molecule has 1 saturated heterocycles. The van der Waals surface area contributed by atoms with E-state index in [2.05, 4.69) is 0 Å². The molecule has 1 aliphatic rings. The summed E-state index contributed by atoms with van der Waals surface area (Å²) in [5.74, 6) is -15.6. The number of rotatable bonds is 8. The molecular formula is C16H24N2O12. The molecule has 1 aromatic carbocycles. The average molecular weight is 436 g/mol. The number of ether oxygens (including phenoxy) is 2. The second-order valence-corrected chi connectivity index (χ2v) is 6.55. The van der Waals surface area contributed by atoms with E-state index in [1.165, 1.54) is 13.2 Å². The van der Waals surface area contributed by atoms with E-state index in [1.807, 2.05) is 0 Å². The van der Waals surface area contributed by atoms with Gasteiger partial charge in [0.15, 0.2) is 11.5 Å². The van der Waals surface area contributed by atoms with Crippen molar-refractivity contribution in [1.29, 1.82) is 0 Å². The number of β-amino-alcohol motifs (C(OH)–C–C–N with tert-alkyl or cyclic N) is 1. The summed E-state index contributed by atoms with van der Waals surface area (Å²) < 4.78 is 10.3. The summed E-state index contributed by atoms with van der Waals surface area (Å²) >= 11 is 0. The molecule has 1 aliphatic heterocycles. The Labute approximate surface area is 169 Å². The molecule has 170 valence electrons. The molecule has 0 bridgehead atoms. The highest BCUT2D eigenvalue weighted by Gasteiger charge is 2.76. The highest BCUT2D eigenvalue weighted by molar-refractivity contribution is 5.52. The van der Waals surface area contributed by atoms with Crippen molar-refractivity contribution in [3.05, 3.63) is 24.3 Å². The first kappa shape index (κ1) is 24.3. The van der Waals surface area contributed by atoms with Crippen molar-refractivity contribution in [3.63, 3.8) is 0 Å². The van der Waals surface area contributed by atoms with E-state index in [1.54, 1.807) is 18.2 Å². The number of para-hydroxylation sites is 2. The number of aliphatic hydroxyl groups is 9. The van der Waals surface area contributed by atoms with Crippen molar-refractivity contribution in [1.82, 2.24) is 9.80 Å². The van der Waals surface area contributed by atoms with Gasteiger partial charge in [-0.05, 0) is 12.1 Å². The Morgan fingerprint density at radius 3 is 1.83 bits per heavy atom. The second-order valence-electron chi connectivity index (χ2n) is 6.55. The number of piperazine rings is 1. The monoisotopic (exact) mass is 436 g/mol. The minimum absolute atomic E-state index is 0.0971. The first-order chi connectivity index (χ1) is 13.7. The van der Waals surface area contributed by atoms with Gasteiger partial charge in [-0.15, -0.1) is 0 Å². The predicted molar refractivity (Wildman–Crippen MR) is 92.6 cm³/mol. The van der Waals surface area contributed by atoms with Crippen molar-refractivity contribution in [2.24, 2.45) is 0 Å². The SMILES string of the molecule is COc1ccccc1OCC(O)CN1C(O)(O)C(O)(O)N(CC=O)C(O)(O)C1(O)O. The second kappa shape index (κ2) is 8.29. The van der Waals surface area contributed by atoms with E-state index in [9.17, 15) is 50.8 Å². The zero-order valence-corrected chi connectivity index (χ0v) is 15.7. The molecule has 14 nitrogen and oxygen atoms in total. The molecule has 0 aliphatic carbocycles. The molecule has 1 heterocycles. The summed E-state index contributed by atoms with van der Waals surface area (Å²) in [6.45, 7) is -3.05. The lowest BCUT2D eigenvalue weighted by Crippen LogP contribution is -2.90. The zero-order chi connectivity index (χ0) is 23.0. The third kappa shape index (κ3) is 3.86. The fourth-order valence-electron chi connectivity index (χ4n) is 2.93. The topological polar surface area (TPSA) is 224 Å². The van der Waals surface area contributed by atoms with Crippen LogP contribution in [0.5, 0.6) is 11.5 Å². The summed E-state index contributed by atoms with van der Waals surface area (Å²) in [6, 6.07) is 6.26. The molecular weight excluding hydrogens is 412 g/mol. The van der Waals surface area contributed by atoms with E-state index in [0.717, 1.165) is 0 Å². The number of hydrogen-bond donors (Lipinski definition) is 9. The molecule has 0 aromatic heterocycles. The first-order valence-electron chi connectivity index (χ1n) is 8.47. The third-order valence-electron chi connectivity index (χ3n) is 4.56. The van der Waals surface area contributed by atoms with Crippen molar-refractivity contribution >= 4 is 6.29 Å². The van der Waals surface area contributed by atoms with Crippen LogP contribution in [0.4, 0.5) is 0 Å². The highest BCUT2D eigenvalue weighted by Crippen LogP contribution is 2.43. The summed E-state index contributed by atoms with van der Waals surface area (Å²) in [5.41, 5.74) is 0. The molecule has 2 rings (SSSR count). The van der Waals surface area contributed by atoms with Crippen LogP contribution in [0, 0.1) is 0 Å². The van der Waals surface area contributed by atoms with E-state index < -0.39 is 59.2 Å². The van der Waals surface area contributed by atoms with Gasteiger partial charge in [-0.3, -0.25) is 0 Å². The lowest BCUT2D eigenvalue weighted by atomic mass is 10.0. The summed E-state index contributed by atoms with van der Waals surface area (Å²) in [6.07, 6.45) is -1.86. The number of benzene rings is 1. The average Bonchev–Trinajstić information content (AvgIpc) is 2.67. The number of aliphatic hydroxyl groups excluding tert-OH is 1. The minimum atomic E-state index is -4.01. The number of hydrogen-bond acceptors (Lipinski definition) is 14. The van der Waals surface area contributed by atoms with Crippen LogP contribution in [0.25, 0.3) is 0 Å². The molecule has 30 heavy (non-hydrogen) atoms. The normalized spacial score (nSPS) is 23.5. The van der Waals surface area contributed by atoms with Crippen molar-refractivity contribution in [3.8, 4) is 11.5 Å². The van der Waals surface area contributed by atoms with Crippen LogP contribution < -0.4 is 9.47 Å². The van der Waals surface area contributed by atoms with Crippen molar-refractivity contribution < 1.29 is 60.2 Å². The van der Waals surface area contributed by atoms with Crippen LogP contribution in [0.15, 0.2) is 24.3 Å². The lowest BCUT2D eigenvalue weighted by Gasteiger charge is -2.60. The number of carbonyl (C=O) groups is 1. The molecule has 0 saturated carbocycles. The molecule has 1 aromatic rings. The van der Waals surface area contributed by atoms with Crippen LogP contribution in [-0.4, -0.2) is 119 Å². The molecule has 0 radical (unpaired) electrons. The standard InChI is InChI=1S/C16H24N2O12/c1-29-11-4-2-3-5-12(11)30-9-10(20)8-18-15(25,26)13(21,22)17(6-7-19)14(23,24)16(18,27)28/h2-5,7,10,20-28H,6,8-9H2,1H3. The fourth-order valence-corrected chi connectivity index (χ4v) is 2.93. The lowest BCUT2D eigenvalue weighted by molar-refractivity contribution is -0.608. The molecule has 0 spiro atoms. The smallest absolute Gasteiger partial charge is 0.303 e. The Hall–Kier alpha value is -1.95. The Bertz CT molecular complexity index is 725. The van der Waals surface area contributed by atoms with Gasteiger partial charge < -0.3 is 60.2 Å². The number of carbonyl (C=O) groups excluding carboxylic acids is 1. The number of aldehydes is 1. The van der Waals surface area contributed by atoms with Crippen LogP contribution in [0.2, 0.25) is 0 Å². The van der Waals surface area contributed by atoms with Crippen molar-refractivity contribution in [2.45, 2.75) is 29.7 Å². The Kier molecular flexibility index (Phi) is 6.72. The molecule has 1 atom stereocenters. The Morgan fingerprint density at radius 1 is 0.900 bits per heavy atom. The Morgan fingerprint density at radius 2 is 1.37 bits per heavy atom. The highest BCUT2D eigenvalue weighted by atomic mass is 16.7. The number of nitrogens with zero attached hydrogens (tertiary/aromatic N) is 2.